The molecule has 2 heterocycles. The summed E-state index contributed by atoms with van der Waals surface area (Å²) < 4.78 is 12.5. The maximum atomic E-state index is 13.0. The Bertz CT molecular complexity index is 1070. The Kier molecular flexibility index (Phi) is 5.34. The van der Waals surface area contributed by atoms with Gasteiger partial charge in [0.05, 0.1) is 17.3 Å². The van der Waals surface area contributed by atoms with Crippen LogP contribution in [0.25, 0.3) is 10.2 Å². The molecule has 3 aromatic rings. The van der Waals surface area contributed by atoms with Crippen molar-refractivity contribution < 1.29 is 14.3 Å². The van der Waals surface area contributed by atoms with E-state index in [-0.39, 0.29) is 12.0 Å². The van der Waals surface area contributed by atoms with E-state index >= 15 is 0 Å². The Morgan fingerprint density at radius 2 is 1.87 bits per heavy atom. The van der Waals surface area contributed by atoms with Crippen LogP contribution < -0.4 is 9.47 Å². The summed E-state index contributed by atoms with van der Waals surface area (Å²) in [5, 5.41) is 0.692. The molecule has 5 nitrogen and oxygen atoms in total. The molecule has 0 radical (unpaired) electrons. The molecular weight excluding hydrogens is 396 g/mol. The Hall–Kier alpha value is -2.60. The summed E-state index contributed by atoms with van der Waals surface area (Å²) in [6.07, 6.45) is 6.49. The Morgan fingerprint density at radius 3 is 2.67 bits per heavy atom. The minimum Gasteiger partial charge on any atom is -0.497 e. The summed E-state index contributed by atoms with van der Waals surface area (Å²) in [4.78, 5) is 19.6. The van der Waals surface area contributed by atoms with Gasteiger partial charge in [-0.1, -0.05) is 17.4 Å². The second-order valence-electron chi connectivity index (χ2n) is 8.11. The molecule has 0 N–H and O–H groups in total. The standard InChI is InChI=1S/C24H26N2O3S/c1-28-20-8-9-22-21(15-20)25-24(30-22)29-19-10-12-26(13-11-19)23(27)18-7-6-16-4-2-3-5-17(16)14-18/h6-9,14-15,19H,2-5,10-13H2,1H3. The van der Waals surface area contributed by atoms with Gasteiger partial charge in [0.25, 0.3) is 11.1 Å². The van der Waals surface area contributed by atoms with Crippen LogP contribution in [-0.2, 0) is 12.8 Å². The number of likely N-dealkylation sites (tertiary alicyclic amines) is 1. The third-order valence-corrected chi connectivity index (χ3v) is 7.09. The first-order valence-electron chi connectivity index (χ1n) is 10.7. The molecule has 0 atom stereocenters. The largest absolute Gasteiger partial charge is 0.497 e. The molecule has 30 heavy (non-hydrogen) atoms. The molecule has 2 aromatic carbocycles. The summed E-state index contributed by atoms with van der Waals surface area (Å²) >= 11 is 1.56. The lowest BCUT2D eigenvalue weighted by atomic mass is 9.90. The molecule has 1 fully saturated rings. The number of carbonyl (C=O) groups excluding carboxylic acids is 1. The van der Waals surface area contributed by atoms with Gasteiger partial charge in [-0.2, -0.15) is 0 Å². The van der Waals surface area contributed by atoms with Crippen LogP contribution in [0.4, 0.5) is 0 Å². The van der Waals surface area contributed by atoms with E-state index < -0.39 is 0 Å². The number of amides is 1. The second-order valence-corrected chi connectivity index (χ2v) is 9.11. The average molecular weight is 423 g/mol. The maximum absolute atomic E-state index is 13.0. The molecule has 1 saturated heterocycles. The topological polar surface area (TPSA) is 51.7 Å². The highest BCUT2D eigenvalue weighted by atomic mass is 32.1. The van der Waals surface area contributed by atoms with Crippen molar-refractivity contribution in [3.05, 3.63) is 53.1 Å². The molecule has 5 rings (SSSR count). The lowest BCUT2D eigenvalue weighted by molar-refractivity contribution is 0.0595. The van der Waals surface area contributed by atoms with E-state index in [2.05, 4.69) is 17.1 Å². The molecule has 1 aliphatic heterocycles. The minimum atomic E-state index is 0.0973. The van der Waals surface area contributed by atoms with Gasteiger partial charge < -0.3 is 14.4 Å². The van der Waals surface area contributed by atoms with E-state index in [0.29, 0.717) is 5.19 Å². The van der Waals surface area contributed by atoms with Crippen molar-refractivity contribution >= 4 is 27.5 Å². The first-order valence-corrected chi connectivity index (χ1v) is 11.5. The van der Waals surface area contributed by atoms with Gasteiger partial charge in [0.15, 0.2) is 0 Å². The smallest absolute Gasteiger partial charge is 0.274 e. The van der Waals surface area contributed by atoms with Crippen LogP contribution in [0.3, 0.4) is 0 Å². The Labute approximate surface area is 180 Å². The van der Waals surface area contributed by atoms with E-state index in [1.165, 1.54) is 24.0 Å². The Balaban J connectivity index is 1.20. The van der Waals surface area contributed by atoms with Crippen molar-refractivity contribution in [1.29, 1.82) is 0 Å². The number of fused-ring (bicyclic) bond motifs is 2. The van der Waals surface area contributed by atoms with Crippen molar-refractivity contribution in [2.75, 3.05) is 20.2 Å². The number of piperidine rings is 1. The van der Waals surface area contributed by atoms with Crippen LogP contribution >= 0.6 is 11.3 Å². The lowest BCUT2D eigenvalue weighted by Gasteiger charge is -2.32. The number of thiazole rings is 1. The van der Waals surface area contributed by atoms with Crippen molar-refractivity contribution in [1.82, 2.24) is 9.88 Å². The zero-order valence-corrected chi connectivity index (χ0v) is 18.0. The highest BCUT2D eigenvalue weighted by Gasteiger charge is 2.26. The second kappa shape index (κ2) is 8.26. The van der Waals surface area contributed by atoms with Gasteiger partial charge in [-0.25, -0.2) is 4.98 Å². The predicted octanol–water partition coefficient (Wildman–Crippen LogP) is 4.87. The molecule has 1 aliphatic carbocycles. The third-order valence-electron chi connectivity index (χ3n) is 6.17. The molecule has 0 spiro atoms. The SMILES string of the molecule is COc1ccc2sc(OC3CCN(C(=O)c4ccc5c(c4)CCCC5)CC3)nc2c1. The maximum Gasteiger partial charge on any atom is 0.274 e. The molecule has 0 unspecified atom stereocenters. The summed E-state index contributed by atoms with van der Waals surface area (Å²) in [6.45, 7) is 1.44. The number of ether oxygens (including phenoxy) is 2. The first kappa shape index (κ1) is 19.4. The predicted molar refractivity (Wildman–Crippen MR) is 119 cm³/mol. The van der Waals surface area contributed by atoms with E-state index in [9.17, 15) is 4.79 Å². The molecule has 0 bridgehead atoms. The third kappa shape index (κ3) is 3.88. The first-order chi connectivity index (χ1) is 14.7. The van der Waals surface area contributed by atoms with E-state index in [4.69, 9.17) is 9.47 Å². The number of hydrogen-bond donors (Lipinski definition) is 0. The van der Waals surface area contributed by atoms with Gasteiger partial charge in [0.2, 0.25) is 0 Å². The summed E-state index contributed by atoms with van der Waals surface area (Å²) in [6, 6.07) is 12.2. The number of nitrogens with zero attached hydrogens (tertiary/aromatic N) is 2. The number of aromatic nitrogens is 1. The van der Waals surface area contributed by atoms with Gasteiger partial charge in [-0.05, 0) is 61.1 Å². The van der Waals surface area contributed by atoms with Crippen LogP contribution in [-0.4, -0.2) is 42.1 Å². The number of benzene rings is 2. The van der Waals surface area contributed by atoms with Crippen LogP contribution in [0.15, 0.2) is 36.4 Å². The van der Waals surface area contributed by atoms with Crippen LogP contribution in [0.1, 0.15) is 47.2 Å². The summed E-state index contributed by atoms with van der Waals surface area (Å²) in [5.74, 6) is 0.947. The molecular formula is C24H26N2O3S. The van der Waals surface area contributed by atoms with Crippen molar-refractivity contribution in [3.63, 3.8) is 0 Å². The summed E-state index contributed by atoms with van der Waals surface area (Å²) in [7, 11) is 1.66. The lowest BCUT2D eigenvalue weighted by Crippen LogP contribution is -2.41. The van der Waals surface area contributed by atoms with Crippen molar-refractivity contribution in [2.45, 2.75) is 44.6 Å². The molecule has 156 valence electrons. The number of carbonyl (C=O) groups is 1. The van der Waals surface area contributed by atoms with Crippen molar-refractivity contribution in [3.8, 4) is 10.9 Å². The number of methoxy groups -OCH3 is 1. The molecule has 0 saturated carbocycles. The Morgan fingerprint density at radius 1 is 1.07 bits per heavy atom. The highest BCUT2D eigenvalue weighted by molar-refractivity contribution is 7.20. The van der Waals surface area contributed by atoms with Crippen LogP contribution in [0, 0.1) is 0 Å². The van der Waals surface area contributed by atoms with Gasteiger partial charge in [-0.3, -0.25) is 4.79 Å². The quantitative estimate of drug-likeness (QED) is 0.602. The molecule has 1 amide bonds. The normalized spacial score (nSPS) is 17.0. The van der Waals surface area contributed by atoms with E-state index in [0.717, 1.165) is 60.3 Å². The van der Waals surface area contributed by atoms with Gasteiger partial charge in [0, 0.05) is 37.6 Å². The van der Waals surface area contributed by atoms with Gasteiger partial charge in [-0.15, -0.1) is 0 Å². The fraction of sp³-hybridized carbons (Fsp3) is 0.417. The van der Waals surface area contributed by atoms with Crippen LogP contribution in [0.2, 0.25) is 0 Å². The van der Waals surface area contributed by atoms with Gasteiger partial charge >= 0.3 is 0 Å². The van der Waals surface area contributed by atoms with E-state index in [1.807, 2.05) is 29.2 Å². The van der Waals surface area contributed by atoms with Crippen LogP contribution in [0.5, 0.6) is 10.9 Å². The number of rotatable bonds is 4. The molecule has 6 heteroatoms. The minimum absolute atomic E-state index is 0.0973. The number of aryl methyl sites for hydroxylation is 2. The zero-order valence-electron chi connectivity index (χ0n) is 17.2. The highest BCUT2D eigenvalue weighted by Crippen LogP contribution is 2.32. The molecule has 1 aromatic heterocycles. The summed E-state index contributed by atoms with van der Waals surface area (Å²) in [5.41, 5.74) is 4.50. The average Bonchev–Trinajstić information content (AvgIpc) is 3.20. The zero-order chi connectivity index (χ0) is 20.5. The van der Waals surface area contributed by atoms with Crippen molar-refractivity contribution in [2.24, 2.45) is 0 Å². The molecule has 2 aliphatic rings. The number of hydrogen-bond acceptors (Lipinski definition) is 5. The fourth-order valence-electron chi connectivity index (χ4n) is 4.43. The fourth-order valence-corrected chi connectivity index (χ4v) is 5.29. The van der Waals surface area contributed by atoms with Gasteiger partial charge in [0.1, 0.15) is 11.9 Å². The monoisotopic (exact) mass is 422 g/mol. The van der Waals surface area contributed by atoms with E-state index in [1.54, 1.807) is 18.4 Å².